The maximum atomic E-state index is 10.6. The maximum absolute atomic E-state index is 10.6. The van der Waals surface area contributed by atoms with E-state index in [2.05, 4.69) is 17.2 Å². The lowest BCUT2D eigenvalue weighted by molar-refractivity contribution is -0.141. The van der Waals surface area contributed by atoms with Crippen molar-refractivity contribution in [2.45, 2.75) is 26.7 Å². The summed E-state index contributed by atoms with van der Waals surface area (Å²) in [6.07, 6.45) is 1.56. The Balaban J connectivity index is 2.28. The van der Waals surface area contributed by atoms with Crippen molar-refractivity contribution in [1.82, 2.24) is 4.98 Å². The van der Waals surface area contributed by atoms with Crippen molar-refractivity contribution in [3.63, 3.8) is 0 Å². The van der Waals surface area contributed by atoms with Crippen LogP contribution in [0.4, 0.5) is 5.13 Å². The highest BCUT2D eigenvalue weighted by atomic mass is 32.1. The molecule has 0 bridgehead atoms. The average Bonchev–Trinajstić information content (AvgIpc) is 2.65. The van der Waals surface area contributed by atoms with Crippen LogP contribution in [0.25, 0.3) is 0 Å². The first-order valence-electron chi connectivity index (χ1n) is 5.04. The fourth-order valence-electron chi connectivity index (χ4n) is 1.07. The first-order chi connectivity index (χ1) is 7.13. The molecule has 0 aliphatic carbocycles. The quantitative estimate of drug-likeness (QED) is 0.783. The van der Waals surface area contributed by atoms with E-state index in [4.69, 9.17) is 5.11 Å². The average molecular weight is 228 g/mol. The van der Waals surface area contributed by atoms with E-state index < -0.39 is 5.97 Å². The van der Waals surface area contributed by atoms with Crippen molar-refractivity contribution in [3.05, 3.63) is 11.1 Å². The van der Waals surface area contributed by atoms with Crippen LogP contribution in [0.15, 0.2) is 5.38 Å². The van der Waals surface area contributed by atoms with Crippen LogP contribution in [0.1, 0.15) is 26.0 Å². The molecule has 0 saturated heterocycles. The third kappa shape index (κ3) is 3.87. The molecule has 0 amide bonds. The first kappa shape index (κ1) is 12.0. The summed E-state index contributed by atoms with van der Waals surface area (Å²) in [4.78, 5) is 14.9. The van der Waals surface area contributed by atoms with Crippen molar-refractivity contribution in [2.75, 3.05) is 11.9 Å². The molecule has 2 N–H and O–H groups in total. The van der Waals surface area contributed by atoms with Crippen molar-refractivity contribution < 1.29 is 9.90 Å². The van der Waals surface area contributed by atoms with Gasteiger partial charge in [0, 0.05) is 11.9 Å². The van der Waals surface area contributed by atoms with Gasteiger partial charge in [-0.05, 0) is 12.8 Å². The van der Waals surface area contributed by atoms with Crippen LogP contribution >= 0.6 is 11.3 Å². The Morgan fingerprint density at radius 2 is 2.47 bits per heavy atom. The van der Waals surface area contributed by atoms with Crippen molar-refractivity contribution in [3.8, 4) is 0 Å². The summed E-state index contributed by atoms with van der Waals surface area (Å²) in [7, 11) is 0. The summed E-state index contributed by atoms with van der Waals surface area (Å²) >= 11 is 1.56. The molecule has 1 heterocycles. The third-order valence-corrected chi connectivity index (χ3v) is 3.04. The van der Waals surface area contributed by atoms with E-state index in [1.54, 1.807) is 18.3 Å². The monoisotopic (exact) mass is 228 g/mol. The minimum Gasteiger partial charge on any atom is -0.481 e. The number of nitrogens with zero attached hydrogens (tertiary/aromatic N) is 1. The number of carboxylic acid groups (broad SMARTS) is 1. The molecule has 0 aliphatic rings. The zero-order chi connectivity index (χ0) is 11.3. The molecule has 1 atom stereocenters. The molecule has 0 radical (unpaired) electrons. The number of aliphatic carboxylic acids is 1. The Hall–Kier alpha value is -1.10. The number of hydrogen-bond acceptors (Lipinski definition) is 4. The first-order valence-corrected chi connectivity index (χ1v) is 5.92. The Kier molecular flexibility index (Phi) is 4.55. The lowest BCUT2D eigenvalue weighted by Crippen LogP contribution is -2.14. The second-order valence-corrected chi connectivity index (χ2v) is 4.31. The lowest BCUT2D eigenvalue weighted by Gasteiger charge is -2.05. The minimum atomic E-state index is -0.745. The van der Waals surface area contributed by atoms with Crippen LogP contribution in [0, 0.1) is 5.92 Å². The number of rotatable bonds is 6. The van der Waals surface area contributed by atoms with Gasteiger partial charge in [0.15, 0.2) is 5.13 Å². The van der Waals surface area contributed by atoms with E-state index in [-0.39, 0.29) is 5.92 Å². The molecule has 15 heavy (non-hydrogen) atoms. The van der Waals surface area contributed by atoms with Crippen LogP contribution in [0.3, 0.4) is 0 Å². The molecule has 5 heteroatoms. The Bertz CT molecular complexity index is 325. The van der Waals surface area contributed by atoms with Gasteiger partial charge in [-0.1, -0.05) is 13.8 Å². The number of thiazole rings is 1. The fraction of sp³-hybridized carbons (Fsp3) is 0.600. The summed E-state index contributed by atoms with van der Waals surface area (Å²) in [6.45, 7) is 4.43. The van der Waals surface area contributed by atoms with Gasteiger partial charge in [0.05, 0.1) is 11.6 Å². The van der Waals surface area contributed by atoms with Crippen LogP contribution in [-0.2, 0) is 11.2 Å². The minimum absolute atomic E-state index is 0.303. The van der Waals surface area contributed by atoms with E-state index in [9.17, 15) is 4.79 Å². The fourth-order valence-corrected chi connectivity index (χ4v) is 1.89. The number of carbonyl (C=O) groups is 1. The van der Waals surface area contributed by atoms with E-state index in [0.29, 0.717) is 13.0 Å². The molecule has 1 aromatic heterocycles. The number of carboxylic acids is 1. The van der Waals surface area contributed by atoms with E-state index in [0.717, 1.165) is 17.2 Å². The van der Waals surface area contributed by atoms with Gasteiger partial charge in [0.2, 0.25) is 0 Å². The van der Waals surface area contributed by atoms with Gasteiger partial charge in [-0.2, -0.15) is 0 Å². The van der Waals surface area contributed by atoms with E-state index in [1.807, 2.05) is 5.38 Å². The summed E-state index contributed by atoms with van der Waals surface area (Å²) in [5.41, 5.74) is 1.08. The predicted octanol–water partition coefficient (Wildman–Crippen LogP) is 2.23. The van der Waals surface area contributed by atoms with Crippen LogP contribution in [-0.4, -0.2) is 22.6 Å². The number of anilines is 1. The van der Waals surface area contributed by atoms with Gasteiger partial charge in [-0.25, -0.2) is 4.98 Å². The highest BCUT2D eigenvalue weighted by Crippen LogP contribution is 2.15. The summed E-state index contributed by atoms with van der Waals surface area (Å²) in [5, 5.41) is 14.7. The van der Waals surface area contributed by atoms with E-state index >= 15 is 0 Å². The molecule has 4 nitrogen and oxygen atoms in total. The second-order valence-electron chi connectivity index (χ2n) is 3.45. The van der Waals surface area contributed by atoms with Crippen molar-refractivity contribution >= 4 is 22.4 Å². The van der Waals surface area contributed by atoms with Gasteiger partial charge in [0.25, 0.3) is 0 Å². The Morgan fingerprint density at radius 1 is 1.73 bits per heavy atom. The molecule has 0 fully saturated rings. The molecule has 0 spiro atoms. The maximum Gasteiger partial charge on any atom is 0.306 e. The van der Waals surface area contributed by atoms with Gasteiger partial charge in [-0.3, -0.25) is 4.79 Å². The molecule has 1 unspecified atom stereocenters. The van der Waals surface area contributed by atoms with Gasteiger partial charge in [0.1, 0.15) is 0 Å². The standard InChI is InChI=1S/C10H16N2O2S/c1-3-8-6-15-10(12-8)11-5-4-7(2)9(13)14/h6-7H,3-5H2,1-2H3,(H,11,12)(H,13,14). The van der Waals surface area contributed by atoms with E-state index in [1.165, 1.54) is 0 Å². The molecule has 1 rings (SSSR count). The highest BCUT2D eigenvalue weighted by Gasteiger charge is 2.10. The Labute approximate surface area is 93.4 Å². The van der Waals surface area contributed by atoms with Gasteiger partial charge >= 0.3 is 5.97 Å². The summed E-state index contributed by atoms with van der Waals surface area (Å²) in [6, 6.07) is 0. The second kappa shape index (κ2) is 5.70. The lowest BCUT2D eigenvalue weighted by atomic mass is 10.1. The number of hydrogen-bond donors (Lipinski definition) is 2. The summed E-state index contributed by atoms with van der Waals surface area (Å²) < 4.78 is 0. The SMILES string of the molecule is CCc1csc(NCCC(C)C(=O)O)n1. The smallest absolute Gasteiger partial charge is 0.306 e. The molecule has 0 saturated carbocycles. The van der Waals surface area contributed by atoms with Gasteiger partial charge in [-0.15, -0.1) is 11.3 Å². The van der Waals surface area contributed by atoms with Crippen molar-refractivity contribution in [1.29, 1.82) is 0 Å². The molecule has 84 valence electrons. The number of aryl methyl sites for hydroxylation is 1. The molecule has 0 aliphatic heterocycles. The van der Waals surface area contributed by atoms with Crippen molar-refractivity contribution in [2.24, 2.45) is 5.92 Å². The largest absolute Gasteiger partial charge is 0.481 e. The topological polar surface area (TPSA) is 62.2 Å². The molecular formula is C10H16N2O2S. The predicted molar refractivity (Wildman–Crippen MR) is 61.4 cm³/mol. The van der Waals surface area contributed by atoms with Crippen LogP contribution in [0.2, 0.25) is 0 Å². The zero-order valence-corrected chi connectivity index (χ0v) is 9.80. The molecule has 0 aromatic carbocycles. The van der Waals surface area contributed by atoms with Crippen LogP contribution in [0.5, 0.6) is 0 Å². The highest BCUT2D eigenvalue weighted by molar-refractivity contribution is 7.13. The molecular weight excluding hydrogens is 212 g/mol. The van der Waals surface area contributed by atoms with Crippen LogP contribution < -0.4 is 5.32 Å². The normalized spacial score (nSPS) is 12.4. The Morgan fingerprint density at radius 3 is 3.00 bits per heavy atom. The number of aromatic nitrogens is 1. The molecule has 1 aromatic rings. The zero-order valence-electron chi connectivity index (χ0n) is 8.99. The van der Waals surface area contributed by atoms with Gasteiger partial charge < -0.3 is 10.4 Å². The third-order valence-electron chi connectivity index (χ3n) is 2.19. The summed E-state index contributed by atoms with van der Waals surface area (Å²) in [5.74, 6) is -1.05. The number of nitrogens with one attached hydrogen (secondary N) is 1.